The van der Waals surface area contributed by atoms with Gasteiger partial charge in [-0.2, -0.15) is 4.98 Å². The van der Waals surface area contributed by atoms with Gasteiger partial charge in [-0.15, -0.1) is 0 Å². The van der Waals surface area contributed by atoms with Crippen LogP contribution in [0.25, 0.3) is 11.5 Å². The molecule has 0 bridgehead atoms. The van der Waals surface area contributed by atoms with Crippen LogP contribution < -0.4 is 4.74 Å². The molecule has 2 aromatic carbocycles. The number of rotatable bonds is 5. The summed E-state index contributed by atoms with van der Waals surface area (Å²) in [6, 6.07) is 13.0. The third kappa shape index (κ3) is 3.46. The fourth-order valence-corrected chi connectivity index (χ4v) is 2.02. The van der Waals surface area contributed by atoms with E-state index in [4.69, 9.17) is 20.9 Å². The van der Waals surface area contributed by atoms with Crippen molar-refractivity contribution in [2.45, 2.75) is 6.61 Å². The van der Waals surface area contributed by atoms with Crippen molar-refractivity contribution in [3.05, 3.63) is 69.5 Å². The minimum Gasteiger partial charge on any atom is -0.478 e. The second-order valence-corrected chi connectivity index (χ2v) is 4.97. The predicted molar refractivity (Wildman–Crippen MR) is 82.2 cm³/mol. The van der Waals surface area contributed by atoms with Gasteiger partial charge in [0.2, 0.25) is 5.82 Å². The van der Waals surface area contributed by atoms with Crippen LogP contribution in [0.4, 0.5) is 5.69 Å². The van der Waals surface area contributed by atoms with E-state index in [0.29, 0.717) is 10.9 Å². The van der Waals surface area contributed by atoms with Gasteiger partial charge in [0.05, 0.1) is 4.92 Å². The number of hydrogen-bond acceptors (Lipinski definition) is 6. The molecule has 1 heterocycles. The smallest absolute Gasteiger partial charge is 0.310 e. The minimum absolute atomic E-state index is 0.0397. The number of benzene rings is 2. The number of para-hydroxylation sites is 2. The topological polar surface area (TPSA) is 91.3 Å². The Morgan fingerprint density at radius 2 is 1.91 bits per heavy atom. The highest BCUT2D eigenvalue weighted by atomic mass is 35.5. The number of nitro groups is 1. The fourth-order valence-electron chi connectivity index (χ4n) is 1.89. The highest BCUT2D eigenvalue weighted by Gasteiger charge is 2.15. The fraction of sp³-hybridized carbons (Fsp3) is 0.0667. The van der Waals surface area contributed by atoms with Gasteiger partial charge in [-0.3, -0.25) is 10.1 Å². The summed E-state index contributed by atoms with van der Waals surface area (Å²) in [6.45, 7) is -0.0397. The zero-order valence-electron chi connectivity index (χ0n) is 11.7. The van der Waals surface area contributed by atoms with E-state index in [1.54, 1.807) is 36.4 Å². The summed E-state index contributed by atoms with van der Waals surface area (Å²) >= 11 is 5.82. The molecule has 0 fully saturated rings. The molecule has 0 atom stereocenters. The maximum atomic E-state index is 10.9. The molecule has 0 unspecified atom stereocenters. The molecule has 8 heteroatoms. The van der Waals surface area contributed by atoms with E-state index in [1.165, 1.54) is 12.1 Å². The Balaban J connectivity index is 1.73. The van der Waals surface area contributed by atoms with Crippen LogP contribution in [-0.2, 0) is 6.61 Å². The summed E-state index contributed by atoms with van der Waals surface area (Å²) in [6.07, 6.45) is 0. The minimum atomic E-state index is -0.509. The summed E-state index contributed by atoms with van der Waals surface area (Å²) < 4.78 is 10.5. The molecule has 0 saturated heterocycles. The second kappa shape index (κ2) is 6.45. The van der Waals surface area contributed by atoms with Crippen molar-refractivity contribution in [2.24, 2.45) is 0 Å². The molecule has 0 aliphatic carbocycles. The van der Waals surface area contributed by atoms with Gasteiger partial charge in [0.25, 0.3) is 5.89 Å². The Labute approximate surface area is 135 Å². The summed E-state index contributed by atoms with van der Waals surface area (Å²) in [4.78, 5) is 14.6. The molecule has 0 saturated carbocycles. The maximum Gasteiger partial charge on any atom is 0.310 e. The van der Waals surface area contributed by atoms with Crippen LogP contribution in [-0.4, -0.2) is 15.1 Å². The van der Waals surface area contributed by atoms with E-state index in [2.05, 4.69) is 10.1 Å². The van der Waals surface area contributed by atoms with Crippen molar-refractivity contribution in [3.63, 3.8) is 0 Å². The molecule has 0 N–H and O–H groups in total. The van der Waals surface area contributed by atoms with Crippen molar-refractivity contribution >= 4 is 17.3 Å². The van der Waals surface area contributed by atoms with Gasteiger partial charge >= 0.3 is 5.69 Å². The zero-order valence-corrected chi connectivity index (χ0v) is 12.4. The lowest BCUT2D eigenvalue weighted by Gasteiger charge is -2.03. The first-order valence-electron chi connectivity index (χ1n) is 6.58. The Morgan fingerprint density at radius 3 is 2.65 bits per heavy atom. The van der Waals surface area contributed by atoms with Gasteiger partial charge in [-0.05, 0) is 30.3 Å². The van der Waals surface area contributed by atoms with Crippen molar-refractivity contribution in [2.75, 3.05) is 0 Å². The summed E-state index contributed by atoms with van der Waals surface area (Å²) in [5.41, 5.74) is 0.604. The molecular formula is C15H10ClN3O4. The number of ether oxygens (including phenoxy) is 1. The van der Waals surface area contributed by atoms with Gasteiger partial charge < -0.3 is 9.26 Å². The first kappa shape index (κ1) is 15.0. The molecular weight excluding hydrogens is 322 g/mol. The van der Waals surface area contributed by atoms with Gasteiger partial charge in [0.1, 0.15) is 0 Å². The molecule has 0 amide bonds. The number of halogens is 1. The molecule has 3 aromatic rings. The summed E-state index contributed by atoms with van der Waals surface area (Å²) in [5.74, 6) is 0.756. The van der Waals surface area contributed by atoms with Crippen LogP contribution in [0.2, 0.25) is 5.02 Å². The van der Waals surface area contributed by atoms with Crippen LogP contribution in [0.1, 0.15) is 5.82 Å². The first-order chi connectivity index (χ1) is 11.1. The SMILES string of the molecule is O=[N+]([O-])c1ccccc1OCc1noc(-c2ccc(Cl)cc2)n1. The average Bonchev–Trinajstić information content (AvgIpc) is 3.03. The highest BCUT2D eigenvalue weighted by Crippen LogP contribution is 2.26. The Morgan fingerprint density at radius 1 is 1.17 bits per heavy atom. The Kier molecular flexibility index (Phi) is 4.20. The van der Waals surface area contributed by atoms with Crippen molar-refractivity contribution in [3.8, 4) is 17.2 Å². The molecule has 3 rings (SSSR count). The third-order valence-electron chi connectivity index (χ3n) is 2.98. The van der Waals surface area contributed by atoms with Crippen molar-refractivity contribution in [1.29, 1.82) is 0 Å². The Hall–Kier alpha value is -2.93. The third-order valence-corrected chi connectivity index (χ3v) is 3.23. The number of nitro benzene ring substituents is 1. The molecule has 1 aromatic heterocycles. The maximum absolute atomic E-state index is 10.9. The largest absolute Gasteiger partial charge is 0.478 e. The van der Waals surface area contributed by atoms with Gasteiger partial charge in [-0.25, -0.2) is 0 Å². The molecule has 7 nitrogen and oxygen atoms in total. The molecule has 116 valence electrons. The monoisotopic (exact) mass is 331 g/mol. The van der Waals surface area contributed by atoms with Crippen LogP contribution in [0.5, 0.6) is 5.75 Å². The quantitative estimate of drug-likeness (QED) is 0.520. The van der Waals surface area contributed by atoms with E-state index in [9.17, 15) is 10.1 Å². The number of hydrogen-bond donors (Lipinski definition) is 0. The molecule has 0 spiro atoms. The van der Waals surface area contributed by atoms with E-state index in [1.807, 2.05) is 0 Å². The lowest BCUT2D eigenvalue weighted by atomic mass is 10.2. The predicted octanol–water partition coefficient (Wildman–Crippen LogP) is 3.88. The van der Waals surface area contributed by atoms with Crippen LogP contribution in [0.15, 0.2) is 53.1 Å². The zero-order chi connectivity index (χ0) is 16.2. The Bertz CT molecular complexity index is 833. The molecule has 23 heavy (non-hydrogen) atoms. The summed E-state index contributed by atoms with van der Waals surface area (Å²) in [7, 11) is 0. The van der Waals surface area contributed by atoms with Gasteiger partial charge in [0, 0.05) is 16.7 Å². The van der Waals surface area contributed by atoms with Crippen LogP contribution in [0, 0.1) is 10.1 Å². The standard InChI is InChI=1S/C15H10ClN3O4/c16-11-7-5-10(6-8-11)15-17-14(18-23-15)9-22-13-4-2-1-3-12(13)19(20)21/h1-8H,9H2. The van der Waals surface area contributed by atoms with Crippen LogP contribution in [0.3, 0.4) is 0 Å². The van der Waals surface area contributed by atoms with E-state index >= 15 is 0 Å². The number of nitrogens with zero attached hydrogens (tertiary/aromatic N) is 3. The van der Waals surface area contributed by atoms with Crippen LogP contribution >= 0.6 is 11.6 Å². The lowest BCUT2D eigenvalue weighted by Crippen LogP contribution is -2.00. The van der Waals surface area contributed by atoms with E-state index in [0.717, 1.165) is 5.56 Å². The van der Waals surface area contributed by atoms with E-state index < -0.39 is 4.92 Å². The molecule has 0 aliphatic rings. The number of aromatic nitrogens is 2. The molecule has 0 radical (unpaired) electrons. The highest BCUT2D eigenvalue weighted by molar-refractivity contribution is 6.30. The average molecular weight is 332 g/mol. The van der Waals surface area contributed by atoms with Crippen molar-refractivity contribution in [1.82, 2.24) is 10.1 Å². The van der Waals surface area contributed by atoms with E-state index in [-0.39, 0.29) is 23.9 Å². The summed E-state index contributed by atoms with van der Waals surface area (Å²) in [5, 5.41) is 15.3. The lowest BCUT2D eigenvalue weighted by molar-refractivity contribution is -0.385. The van der Waals surface area contributed by atoms with Gasteiger partial charge in [0.15, 0.2) is 12.4 Å². The van der Waals surface area contributed by atoms with Crippen molar-refractivity contribution < 1.29 is 14.2 Å². The normalized spacial score (nSPS) is 10.5. The van der Waals surface area contributed by atoms with Gasteiger partial charge in [-0.1, -0.05) is 28.9 Å². The first-order valence-corrected chi connectivity index (χ1v) is 6.96. The second-order valence-electron chi connectivity index (χ2n) is 4.54. The molecule has 0 aliphatic heterocycles.